The Bertz CT molecular complexity index is 1730. The van der Waals surface area contributed by atoms with Crippen LogP contribution in [0.25, 0.3) is 0 Å². The summed E-state index contributed by atoms with van der Waals surface area (Å²) >= 11 is 0. The Kier molecular flexibility index (Phi) is 9.76. The van der Waals surface area contributed by atoms with E-state index in [0.717, 1.165) is 31.9 Å². The van der Waals surface area contributed by atoms with Crippen LogP contribution in [0.4, 0.5) is 11.4 Å². The lowest BCUT2D eigenvalue weighted by Gasteiger charge is -2.27. The topological polar surface area (TPSA) is 19.6 Å². The van der Waals surface area contributed by atoms with Gasteiger partial charge < -0.3 is 14.2 Å². The third kappa shape index (κ3) is 7.76. The summed E-state index contributed by atoms with van der Waals surface area (Å²) in [4.78, 5) is 4.89. The van der Waals surface area contributed by atoms with Crippen molar-refractivity contribution in [2.75, 3.05) is 9.80 Å². The van der Waals surface area contributed by atoms with E-state index in [1.165, 1.54) is 44.8 Å². The van der Waals surface area contributed by atoms with Crippen molar-refractivity contribution < 1.29 is 4.42 Å². The minimum absolute atomic E-state index is 0.0171. The van der Waals surface area contributed by atoms with E-state index >= 15 is 0 Å². The SMILES string of the molecule is c1ccc(CN(Cc2ccccc2)c2ccc(C(c3ccc(N(Cc4ccccc4)Cc4ccccc4)cc3)c3ccco3)cc2)cc1. The summed E-state index contributed by atoms with van der Waals surface area (Å²) in [6.45, 7) is 3.34. The molecule has 0 fully saturated rings. The molecule has 0 amide bonds. The van der Waals surface area contributed by atoms with Crippen molar-refractivity contribution in [1.82, 2.24) is 0 Å². The van der Waals surface area contributed by atoms with Gasteiger partial charge in [-0.05, 0) is 69.8 Å². The molecular formula is C45H40N2O. The van der Waals surface area contributed by atoms with E-state index in [4.69, 9.17) is 4.42 Å². The van der Waals surface area contributed by atoms with Gasteiger partial charge >= 0.3 is 0 Å². The second kappa shape index (κ2) is 15.2. The average Bonchev–Trinajstić information content (AvgIpc) is 3.68. The fraction of sp³-hybridized carbons (Fsp3) is 0.111. The van der Waals surface area contributed by atoms with Crippen LogP contribution in [0.5, 0.6) is 0 Å². The van der Waals surface area contributed by atoms with E-state index in [-0.39, 0.29) is 5.92 Å². The zero-order valence-electron chi connectivity index (χ0n) is 27.1. The third-order valence-electron chi connectivity index (χ3n) is 8.88. The summed E-state index contributed by atoms with van der Waals surface area (Å²) in [5, 5.41) is 0. The molecule has 0 saturated heterocycles. The molecule has 0 radical (unpaired) electrons. The third-order valence-corrected chi connectivity index (χ3v) is 8.88. The lowest BCUT2D eigenvalue weighted by Crippen LogP contribution is -2.22. The average molecular weight is 625 g/mol. The van der Waals surface area contributed by atoms with Gasteiger partial charge in [-0.2, -0.15) is 0 Å². The second-order valence-corrected chi connectivity index (χ2v) is 12.3. The maximum atomic E-state index is 6.06. The zero-order valence-corrected chi connectivity index (χ0v) is 27.1. The highest BCUT2D eigenvalue weighted by Gasteiger charge is 2.21. The Balaban J connectivity index is 1.17. The molecule has 1 aromatic heterocycles. The number of hydrogen-bond donors (Lipinski definition) is 0. The van der Waals surface area contributed by atoms with Crippen LogP contribution in [0.1, 0.15) is 45.1 Å². The first-order valence-electron chi connectivity index (χ1n) is 16.7. The minimum atomic E-state index is -0.0171. The van der Waals surface area contributed by atoms with Crippen molar-refractivity contribution in [3.8, 4) is 0 Å². The lowest BCUT2D eigenvalue weighted by atomic mass is 9.88. The second-order valence-electron chi connectivity index (χ2n) is 12.3. The van der Waals surface area contributed by atoms with Gasteiger partial charge in [0.1, 0.15) is 5.76 Å². The summed E-state index contributed by atoms with van der Waals surface area (Å²) in [5.41, 5.74) is 9.95. The molecule has 0 bridgehead atoms. The van der Waals surface area contributed by atoms with Gasteiger partial charge in [-0.25, -0.2) is 0 Å². The summed E-state index contributed by atoms with van der Waals surface area (Å²) < 4.78 is 6.06. The molecule has 0 atom stereocenters. The molecule has 0 N–H and O–H groups in total. The molecule has 0 aliphatic rings. The quantitative estimate of drug-likeness (QED) is 0.127. The molecule has 0 unspecified atom stereocenters. The lowest BCUT2D eigenvalue weighted by molar-refractivity contribution is 0.503. The maximum absolute atomic E-state index is 6.06. The van der Waals surface area contributed by atoms with Crippen LogP contribution in [0.3, 0.4) is 0 Å². The number of furan rings is 1. The molecule has 236 valence electrons. The molecule has 0 aliphatic heterocycles. The highest BCUT2D eigenvalue weighted by molar-refractivity contribution is 5.54. The normalized spacial score (nSPS) is 11.0. The van der Waals surface area contributed by atoms with E-state index in [1.807, 2.05) is 6.07 Å². The maximum Gasteiger partial charge on any atom is 0.115 e. The molecule has 0 spiro atoms. The van der Waals surface area contributed by atoms with Crippen LogP contribution in [0.2, 0.25) is 0 Å². The highest BCUT2D eigenvalue weighted by atomic mass is 16.3. The van der Waals surface area contributed by atoms with Crippen molar-refractivity contribution in [3.05, 3.63) is 227 Å². The molecule has 0 aliphatic carbocycles. The predicted octanol–water partition coefficient (Wildman–Crippen LogP) is 10.9. The van der Waals surface area contributed by atoms with Crippen molar-refractivity contribution in [3.63, 3.8) is 0 Å². The van der Waals surface area contributed by atoms with Gasteiger partial charge in [0.25, 0.3) is 0 Å². The molecule has 48 heavy (non-hydrogen) atoms. The first-order valence-corrected chi connectivity index (χ1v) is 16.7. The molecule has 6 aromatic carbocycles. The fourth-order valence-corrected chi connectivity index (χ4v) is 6.42. The molecule has 7 aromatic rings. The number of rotatable bonds is 13. The number of benzene rings is 6. The van der Waals surface area contributed by atoms with Gasteiger partial charge in [0.15, 0.2) is 0 Å². The first-order chi connectivity index (χ1) is 23.8. The fourth-order valence-electron chi connectivity index (χ4n) is 6.42. The van der Waals surface area contributed by atoms with Gasteiger partial charge in [-0.15, -0.1) is 0 Å². The molecule has 3 heteroatoms. The molecule has 3 nitrogen and oxygen atoms in total. The van der Waals surface area contributed by atoms with Crippen LogP contribution < -0.4 is 9.80 Å². The van der Waals surface area contributed by atoms with E-state index in [1.54, 1.807) is 6.26 Å². The molecular weight excluding hydrogens is 585 g/mol. The van der Waals surface area contributed by atoms with E-state index < -0.39 is 0 Å². The van der Waals surface area contributed by atoms with Crippen LogP contribution >= 0.6 is 0 Å². The van der Waals surface area contributed by atoms with E-state index in [9.17, 15) is 0 Å². The standard InChI is InChI=1S/C45H40N2O/c1-5-14-36(15-6-1)32-46(33-37-16-7-2-8-17-37)42-27-23-40(24-28-42)45(44-22-13-31-48-44)41-25-29-43(30-26-41)47(34-38-18-9-3-10-19-38)35-39-20-11-4-12-21-39/h1-31,45H,32-35H2. The van der Waals surface area contributed by atoms with Crippen molar-refractivity contribution >= 4 is 11.4 Å². The van der Waals surface area contributed by atoms with Crippen LogP contribution in [-0.4, -0.2) is 0 Å². The van der Waals surface area contributed by atoms with Crippen LogP contribution in [0.15, 0.2) is 193 Å². The summed E-state index contributed by atoms with van der Waals surface area (Å²) in [7, 11) is 0. The van der Waals surface area contributed by atoms with E-state index in [2.05, 4.69) is 186 Å². The summed E-state index contributed by atoms with van der Waals surface area (Å²) in [6.07, 6.45) is 1.77. The molecule has 7 rings (SSSR count). The number of hydrogen-bond acceptors (Lipinski definition) is 3. The summed E-state index contributed by atoms with van der Waals surface area (Å²) in [5.74, 6) is 0.919. The first kappa shape index (κ1) is 30.8. The smallest absolute Gasteiger partial charge is 0.115 e. The molecule has 0 saturated carbocycles. The van der Waals surface area contributed by atoms with Crippen molar-refractivity contribution in [1.29, 1.82) is 0 Å². The largest absolute Gasteiger partial charge is 0.468 e. The number of anilines is 2. The Hall–Kier alpha value is -5.80. The van der Waals surface area contributed by atoms with Gasteiger partial charge in [0.2, 0.25) is 0 Å². The van der Waals surface area contributed by atoms with Gasteiger partial charge in [0.05, 0.1) is 12.2 Å². The predicted molar refractivity (Wildman–Crippen MR) is 198 cm³/mol. The van der Waals surface area contributed by atoms with Gasteiger partial charge in [-0.3, -0.25) is 0 Å². The Morgan fingerprint density at radius 3 is 0.979 bits per heavy atom. The van der Waals surface area contributed by atoms with Crippen molar-refractivity contribution in [2.45, 2.75) is 32.1 Å². The Morgan fingerprint density at radius 1 is 0.354 bits per heavy atom. The zero-order chi connectivity index (χ0) is 32.4. The van der Waals surface area contributed by atoms with Crippen LogP contribution in [-0.2, 0) is 26.2 Å². The minimum Gasteiger partial charge on any atom is -0.468 e. The van der Waals surface area contributed by atoms with Gasteiger partial charge in [-0.1, -0.05) is 146 Å². The van der Waals surface area contributed by atoms with Gasteiger partial charge in [0, 0.05) is 37.6 Å². The van der Waals surface area contributed by atoms with Crippen LogP contribution in [0, 0.1) is 0 Å². The Labute approximate surface area is 284 Å². The molecule has 1 heterocycles. The van der Waals surface area contributed by atoms with Crippen molar-refractivity contribution in [2.24, 2.45) is 0 Å². The summed E-state index contributed by atoms with van der Waals surface area (Å²) in [6, 6.07) is 64.9. The Morgan fingerprint density at radius 2 is 0.688 bits per heavy atom. The van der Waals surface area contributed by atoms with E-state index in [0.29, 0.717) is 0 Å². The number of nitrogens with zero attached hydrogens (tertiary/aromatic N) is 2. The highest BCUT2D eigenvalue weighted by Crippen LogP contribution is 2.35. The monoisotopic (exact) mass is 624 g/mol.